The van der Waals surface area contributed by atoms with E-state index in [1.165, 1.54) is 8.77 Å². The predicted molar refractivity (Wildman–Crippen MR) is 76.8 cm³/mol. The fourth-order valence-corrected chi connectivity index (χ4v) is 4.39. The molecule has 0 aromatic heterocycles. The molecule has 1 aromatic carbocycles. The van der Waals surface area contributed by atoms with Crippen LogP contribution < -0.4 is 0 Å². The Kier molecular flexibility index (Phi) is 5.02. The van der Waals surface area contributed by atoms with E-state index in [0.29, 0.717) is 0 Å². The van der Waals surface area contributed by atoms with E-state index in [1.807, 2.05) is 12.1 Å². The molecule has 82 valence electrons. The summed E-state index contributed by atoms with van der Waals surface area (Å²) in [5.41, 5.74) is 1.40. The molecule has 0 amide bonds. The summed E-state index contributed by atoms with van der Waals surface area (Å²) in [4.78, 5) is 0. The largest absolute Gasteiger partial charge is 0.392 e. The summed E-state index contributed by atoms with van der Waals surface area (Å²) in [5.74, 6) is 0. The lowest BCUT2D eigenvalue weighted by Gasteiger charge is -2.22. The van der Waals surface area contributed by atoms with Gasteiger partial charge in [-0.3, -0.25) is 0 Å². The number of rotatable bonds is 4. The Labute approximate surface area is 106 Å². The standard InChI is InChI=1S/C12H17IOSi/c1-15(2,12(13)8-9-14)10-11-6-4-3-5-7-11/h3-8,14H,9-10H2,1-2H3/b12-8+. The first kappa shape index (κ1) is 12.9. The predicted octanol–water partition coefficient (Wildman–Crippen LogP) is 3.33. The van der Waals surface area contributed by atoms with E-state index in [4.69, 9.17) is 5.11 Å². The molecule has 3 heteroatoms. The number of benzene rings is 1. The molecule has 0 aliphatic rings. The molecule has 1 aromatic rings. The van der Waals surface area contributed by atoms with E-state index in [2.05, 4.69) is 60.0 Å². The molecule has 0 heterocycles. The van der Waals surface area contributed by atoms with Crippen molar-refractivity contribution in [3.63, 3.8) is 0 Å². The molecule has 0 aliphatic heterocycles. The normalized spacial score (nSPS) is 12.9. The molecule has 0 unspecified atom stereocenters. The molecule has 0 spiro atoms. The molecule has 1 rings (SSSR count). The van der Waals surface area contributed by atoms with Crippen LogP contribution in [0.5, 0.6) is 0 Å². The van der Waals surface area contributed by atoms with Crippen LogP contribution in [-0.2, 0) is 6.04 Å². The maximum absolute atomic E-state index is 8.91. The smallest absolute Gasteiger partial charge is 0.0924 e. The van der Waals surface area contributed by atoms with Crippen LogP contribution in [0.25, 0.3) is 0 Å². The minimum absolute atomic E-state index is 0.156. The second-order valence-electron chi connectivity index (χ2n) is 4.28. The molecule has 0 saturated carbocycles. The van der Waals surface area contributed by atoms with E-state index in [1.54, 1.807) is 0 Å². The van der Waals surface area contributed by atoms with Gasteiger partial charge < -0.3 is 5.11 Å². The minimum Gasteiger partial charge on any atom is -0.392 e. The van der Waals surface area contributed by atoms with E-state index < -0.39 is 8.07 Å². The summed E-state index contributed by atoms with van der Waals surface area (Å²) < 4.78 is 1.35. The van der Waals surface area contributed by atoms with Gasteiger partial charge in [0, 0.05) is 0 Å². The van der Waals surface area contributed by atoms with Crippen LogP contribution in [0.1, 0.15) is 5.56 Å². The van der Waals surface area contributed by atoms with Gasteiger partial charge in [0.2, 0.25) is 0 Å². The zero-order valence-corrected chi connectivity index (χ0v) is 12.4. The lowest BCUT2D eigenvalue weighted by molar-refractivity contribution is 0.343. The van der Waals surface area contributed by atoms with Gasteiger partial charge >= 0.3 is 0 Å². The van der Waals surface area contributed by atoms with Crippen molar-refractivity contribution in [2.45, 2.75) is 19.1 Å². The maximum atomic E-state index is 8.91. The van der Waals surface area contributed by atoms with Gasteiger partial charge in [0.05, 0.1) is 14.7 Å². The van der Waals surface area contributed by atoms with Crippen LogP contribution in [0.3, 0.4) is 0 Å². The average Bonchev–Trinajstić information content (AvgIpc) is 2.19. The summed E-state index contributed by atoms with van der Waals surface area (Å²) in [6, 6.07) is 11.7. The summed E-state index contributed by atoms with van der Waals surface area (Å²) >= 11 is 2.37. The van der Waals surface area contributed by atoms with Gasteiger partial charge in [-0.2, -0.15) is 0 Å². The number of halogens is 1. The molecule has 0 bridgehead atoms. The molecule has 0 atom stereocenters. The molecule has 0 fully saturated rings. The lowest BCUT2D eigenvalue weighted by atomic mass is 10.2. The zero-order valence-electron chi connectivity index (χ0n) is 9.20. The highest BCUT2D eigenvalue weighted by molar-refractivity contribution is 14.1. The molecule has 0 saturated heterocycles. The van der Waals surface area contributed by atoms with Crippen molar-refractivity contribution in [3.05, 3.63) is 45.2 Å². The summed E-state index contributed by atoms with van der Waals surface area (Å²) in [6.45, 7) is 4.84. The van der Waals surface area contributed by atoms with Crippen LogP contribution in [0, 0.1) is 0 Å². The highest BCUT2D eigenvalue weighted by atomic mass is 127. The van der Waals surface area contributed by atoms with E-state index in [9.17, 15) is 0 Å². The first-order chi connectivity index (χ1) is 7.06. The fraction of sp³-hybridized carbons (Fsp3) is 0.333. The van der Waals surface area contributed by atoms with Crippen LogP contribution >= 0.6 is 22.6 Å². The third-order valence-corrected chi connectivity index (χ3v) is 10.0. The van der Waals surface area contributed by atoms with E-state index in [-0.39, 0.29) is 6.61 Å². The number of aliphatic hydroxyl groups is 1. The Morgan fingerprint density at radius 3 is 2.47 bits per heavy atom. The Balaban J connectivity index is 2.76. The average molecular weight is 332 g/mol. The van der Waals surface area contributed by atoms with Gasteiger partial charge in [-0.15, -0.1) is 0 Å². The van der Waals surface area contributed by atoms with Gasteiger partial charge in [0.25, 0.3) is 0 Å². The highest BCUT2D eigenvalue weighted by Gasteiger charge is 2.24. The maximum Gasteiger partial charge on any atom is 0.0924 e. The van der Waals surface area contributed by atoms with Gasteiger partial charge in [-0.25, -0.2) is 0 Å². The number of hydrogen-bond acceptors (Lipinski definition) is 1. The van der Waals surface area contributed by atoms with Crippen LogP contribution in [0.15, 0.2) is 39.6 Å². The van der Waals surface area contributed by atoms with Crippen molar-refractivity contribution >= 4 is 30.7 Å². The van der Waals surface area contributed by atoms with E-state index in [0.717, 1.165) is 6.04 Å². The fourth-order valence-electron chi connectivity index (χ4n) is 1.55. The third-order valence-electron chi connectivity index (χ3n) is 2.41. The first-order valence-corrected chi connectivity index (χ1v) is 9.36. The first-order valence-electron chi connectivity index (χ1n) is 5.07. The van der Waals surface area contributed by atoms with Crippen molar-refractivity contribution in [2.75, 3.05) is 6.61 Å². The second-order valence-corrected chi connectivity index (χ2v) is 11.1. The second kappa shape index (κ2) is 5.82. The summed E-state index contributed by atoms with van der Waals surface area (Å²) in [5, 5.41) is 8.91. The Morgan fingerprint density at radius 2 is 1.93 bits per heavy atom. The van der Waals surface area contributed by atoms with Crippen molar-refractivity contribution < 1.29 is 5.11 Å². The topological polar surface area (TPSA) is 20.2 Å². The Hall–Kier alpha value is -0.133. The molecule has 0 radical (unpaired) electrons. The van der Waals surface area contributed by atoms with Crippen molar-refractivity contribution in [3.8, 4) is 0 Å². The lowest BCUT2D eigenvalue weighted by Crippen LogP contribution is -2.30. The van der Waals surface area contributed by atoms with Gasteiger partial charge in [-0.05, 0) is 9.25 Å². The van der Waals surface area contributed by atoms with Crippen LogP contribution in [-0.4, -0.2) is 19.8 Å². The highest BCUT2D eigenvalue weighted by Crippen LogP contribution is 2.25. The third kappa shape index (κ3) is 4.08. The molecular weight excluding hydrogens is 315 g/mol. The monoisotopic (exact) mass is 332 g/mol. The van der Waals surface area contributed by atoms with Crippen LogP contribution in [0.2, 0.25) is 13.1 Å². The molecular formula is C12H17IOSi. The van der Waals surface area contributed by atoms with Gasteiger partial charge in [0.15, 0.2) is 0 Å². The van der Waals surface area contributed by atoms with Crippen molar-refractivity contribution in [1.82, 2.24) is 0 Å². The number of aliphatic hydroxyl groups excluding tert-OH is 1. The molecule has 1 N–H and O–H groups in total. The van der Waals surface area contributed by atoms with Crippen molar-refractivity contribution in [2.24, 2.45) is 0 Å². The van der Waals surface area contributed by atoms with Crippen molar-refractivity contribution in [1.29, 1.82) is 0 Å². The summed E-state index contributed by atoms with van der Waals surface area (Å²) in [6.07, 6.45) is 1.94. The Bertz CT molecular complexity index is 333. The van der Waals surface area contributed by atoms with Gasteiger partial charge in [0.1, 0.15) is 0 Å². The summed E-state index contributed by atoms with van der Waals surface area (Å²) in [7, 11) is -1.38. The SMILES string of the molecule is C[Si](C)(Cc1ccccc1)/C(I)=C/CO. The molecule has 15 heavy (non-hydrogen) atoms. The number of hydrogen-bond donors (Lipinski definition) is 1. The quantitative estimate of drug-likeness (QED) is 0.662. The zero-order chi connectivity index (χ0) is 11.3. The van der Waals surface area contributed by atoms with Gasteiger partial charge in [-0.1, -0.05) is 77.7 Å². The van der Waals surface area contributed by atoms with E-state index >= 15 is 0 Å². The van der Waals surface area contributed by atoms with Crippen LogP contribution in [0.4, 0.5) is 0 Å². The molecule has 1 nitrogen and oxygen atoms in total. The molecule has 0 aliphatic carbocycles. The minimum atomic E-state index is -1.38. The Morgan fingerprint density at radius 1 is 1.33 bits per heavy atom.